The average Bonchev–Trinajstić information content (AvgIpc) is 3.35. The van der Waals surface area contributed by atoms with Crippen molar-refractivity contribution >= 4 is 28.5 Å². The van der Waals surface area contributed by atoms with E-state index in [0.717, 1.165) is 30.1 Å². The number of carbonyl (C=O) groups excluding carboxylic acids is 1. The predicted octanol–water partition coefficient (Wildman–Crippen LogP) is 2.66. The first-order valence-corrected chi connectivity index (χ1v) is 8.87. The van der Waals surface area contributed by atoms with E-state index >= 15 is 0 Å². The molecule has 1 fully saturated rings. The smallest absolute Gasteiger partial charge is 0.287 e. The van der Waals surface area contributed by atoms with E-state index < -0.39 is 0 Å². The quantitative estimate of drug-likeness (QED) is 0.665. The van der Waals surface area contributed by atoms with Gasteiger partial charge in [-0.15, -0.1) is 0 Å². The summed E-state index contributed by atoms with van der Waals surface area (Å²) < 4.78 is 5.56. The molecular formula is C19H21N5O2. The van der Waals surface area contributed by atoms with Crippen LogP contribution in [0.2, 0.25) is 0 Å². The standard InChI is InChI=1S/C19H21N5O2/c25-19(16-11-14-5-1-2-6-15(14)26-16)21-8-7-20-17-12-18(23-13-22-17)24-9-3-4-10-24/h1-2,5-6,11-13H,3-4,7-10H2,(H,21,25)(H,20,22,23). The highest BCUT2D eigenvalue weighted by Gasteiger charge is 2.14. The lowest BCUT2D eigenvalue weighted by molar-refractivity contribution is 0.0929. The maximum absolute atomic E-state index is 12.2. The third-order valence-electron chi connectivity index (χ3n) is 4.45. The summed E-state index contributed by atoms with van der Waals surface area (Å²) in [5.41, 5.74) is 0.714. The number of furan rings is 1. The summed E-state index contributed by atoms with van der Waals surface area (Å²) in [5.74, 6) is 1.82. The van der Waals surface area contributed by atoms with Crippen LogP contribution in [0.1, 0.15) is 23.4 Å². The SMILES string of the molecule is O=C(NCCNc1cc(N2CCCC2)ncn1)c1cc2ccccc2o1. The van der Waals surface area contributed by atoms with Gasteiger partial charge >= 0.3 is 0 Å². The second kappa shape index (κ2) is 7.43. The molecule has 1 amide bonds. The minimum Gasteiger partial charge on any atom is -0.451 e. The summed E-state index contributed by atoms with van der Waals surface area (Å²) >= 11 is 0. The van der Waals surface area contributed by atoms with Crippen LogP contribution < -0.4 is 15.5 Å². The van der Waals surface area contributed by atoms with Crippen LogP contribution >= 0.6 is 0 Å². The van der Waals surface area contributed by atoms with Gasteiger partial charge in [-0.2, -0.15) is 0 Å². The molecule has 2 N–H and O–H groups in total. The number of hydrogen-bond acceptors (Lipinski definition) is 6. The van der Waals surface area contributed by atoms with Gasteiger partial charge in [-0.05, 0) is 25.0 Å². The molecule has 7 heteroatoms. The Morgan fingerprint density at radius 2 is 1.96 bits per heavy atom. The molecule has 1 saturated heterocycles. The third kappa shape index (κ3) is 3.61. The maximum Gasteiger partial charge on any atom is 0.287 e. The summed E-state index contributed by atoms with van der Waals surface area (Å²) in [6, 6.07) is 11.3. The summed E-state index contributed by atoms with van der Waals surface area (Å²) in [6.45, 7) is 3.13. The first-order chi connectivity index (χ1) is 12.8. The van der Waals surface area contributed by atoms with Crippen molar-refractivity contribution in [2.45, 2.75) is 12.8 Å². The lowest BCUT2D eigenvalue weighted by Gasteiger charge is -2.16. The van der Waals surface area contributed by atoms with Gasteiger partial charge in [0.1, 0.15) is 23.5 Å². The Balaban J connectivity index is 1.28. The van der Waals surface area contributed by atoms with Crippen molar-refractivity contribution in [2.75, 3.05) is 36.4 Å². The zero-order chi connectivity index (χ0) is 17.8. The van der Waals surface area contributed by atoms with Gasteiger partial charge < -0.3 is 20.0 Å². The Morgan fingerprint density at radius 3 is 2.81 bits per heavy atom. The van der Waals surface area contributed by atoms with Gasteiger partial charge in [0.25, 0.3) is 5.91 Å². The Kier molecular flexibility index (Phi) is 4.68. The van der Waals surface area contributed by atoms with Crippen LogP contribution in [0.25, 0.3) is 11.0 Å². The van der Waals surface area contributed by atoms with Crippen molar-refractivity contribution in [3.63, 3.8) is 0 Å². The predicted molar refractivity (Wildman–Crippen MR) is 101 cm³/mol. The number of amides is 1. The van der Waals surface area contributed by atoms with Crippen LogP contribution in [-0.2, 0) is 0 Å². The van der Waals surface area contributed by atoms with Gasteiger partial charge in [0.05, 0.1) is 0 Å². The minimum absolute atomic E-state index is 0.219. The number of nitrogens with zero attached hydrogens (tertiary/aromatic N) is 3. The van der Waals surface area contributed by atoms with Crippen LogP contribution in [0.15, 0.2) is 47.1 Å². The molecular weight excluding hydrogens is 330 g/mol. The van der Waals surface area contributed by atoms with E-state index in [9.17, 15) is 4.79 Å². The minimum atomic E-state index is -0.219. The van der Waals surface area contributed by atoms with Crippen LogP contribution in [0.4, 0.5) is 11.6 Å². The van der Waals surface area contributed by atoms with E-state index in [4.69, 9.17) is 4.42 Å². The fourth-order valence-electron chi connectivity index (χ4n) is 3.11. The van der Waals surface area contributed by atoms with Crippen molar-refractivity contribution in [3.05, 3.63) is 48.5 Å². The second-order valence-corrected chi connectivity index (χ2v) is 6.29. The maximum atomic E-state index is 12.2. The number of hydrogen-bond donors (Lipinski definition) is 2. The normalized spacial score (nSPS) is 13.9. The van der Waals surface area contributed by atoms with E-state index in [-0.39, 0.29) is 5.91 Å². The monoisotopic (exact) mass is 351 g/mol. The van der Waals surface area contributed by atoms with Crippen LogP contribution in [0.3, 0.4) is 0 Å². The molecule has 0 unspecified atom stereocenters. The van der Waals surface area contributed by atoms with Crippen molar-refractivity contribution in [1.82, 2.24) is 15.3 Å². The number of carbonyl (C=O) groups is 1. The molecule has 0 spiro atoms. The van der Waals surface area contributed by atoms with Gasteiger partial charge in [0.15, 0.2) is 5.76 Å². The molecule has 1 aliphatic rings. The van der Waals surface area contributed by atoms with Crippen molar-refractivity contribution < 1.29 is 9.21 Å². The van der Waals surface area contributed by atoms with E-state index in [1.54, 1.807) is 12.4 Å². The van der Waals surface area contributed by atoms with E-state index in [2.05, 4.69) is 25.5 Å². The summed E-state index contributed by atoms with van der Waals surface area (Å²) in [4.78, 5) is 23.0. The summed E-state index contributed by atoms with van der Waals surface area (Å²) in [7, 11) is 0. The lowest BCUT2D eigenvalue weighted by atomic mass is 10.2. The Morgan fingerprint density at radius 1 is 1.12 bits per heavy atom. The van der Waals surface area contributed by atoms with Crippen LogP contribution in [-0.4, -0.2) is 42.1 Å². The number of anilines is 2. The molecule has 0 radical (unpaired) electrons. The van der Waals surface area contributed by atoms with Crippen LogP contribution in [0, 0.1) is 0 Å². The number of nitrogens with one attached hydrogen (secondary N) is 2. The Hall–Kier alpha value is -3.09. The molecule has 3 heterocycles. The average molecular weight is 351 g/mol. The number of benzene rings is 1. The lowest BCUT2D eigenvalue weighted by Crippen LogP contribution is -2.28. The fraction of sp³-hybridized carbons (Fsp3) is 0.316. The molecule has 1 aliphatic heterocycles. The molecule has 7 nitrogen and oxygen atoms in total. The van der Waals surface area contributed by atoms with Gasteiger partial charge in [-0.3, -0.25) is 4.79 Å². The van der Waals surface area contributed by atoms with Crippen molar-refractivity contribution in [3.8, 4) is 0 Å². The molecule has 1 aromatic carbocycles. The fourth-order valence-corrected chi connectivity index (χ4v) is 3.11. The molecule has 4 rings (SSSR count). The largest absolute Gasteiger partial charge is 0.451 e. The number of para-hydroxylation sites is 1. The number of rotatable bonds is 6. The molecule has 0 aliphatic carbocycles. The van der Waals surface area contributed by atoms with Gasteiger partial charge in [0, 0.05) is 37.6 Å². The molecule has 2 aromatic heterocycles. The van der Waals surface area contributed by atoms with Gasteiger partial charge in [0.2, 0.25) is 0 Å². The topological polar surface area (TPSA) is 83.3 Å². The van der Waals surface area contributed by atoms with Gasteiger partial charge in [-0.1, -0.05) is 18.2 Å². The van der Waals surface area contributed by atoms with Crippen molar-refractivity contribution in [2.24, 2.45) is 0 Å². The highest BCUT2D eigenvalue weighted by molar-refractivity contribution is 5.96. The first kappa shape index (κ1) is 16.4. The second-order valence-electron chi connectivity index (χ2n) is 6.29. The Bertz CT molecular complexity index is 869. The molecule has 0 saturated carbocycles. The third-order valence-corrected chi connectivity index (χ3v) is 4.45. The highest BCUT2D eigenvalue weighted by atomic mass is 16.3. The zero-order valence-corrected chi connectivity index (χ0v) is 14.4. The number of fused-ring (bicyclic) bond motifs is 1. The first-order valence-electron chi connectivity index (χ1n) is 8.87. The Labute approximate surface area is 151 Å². The molecule has 0 atom stereocenters. The van der Waals surface area contributed by atoms with Crippen molar-refractivity contribution in [1.29, 1.82) is 0 Å². The number of aromatic nitrogens is 2. The zero-order valence-electron chi connectivity index (χ0n) is 14.4. The molecule has 0 bridgehead atoms. The molecule has 26 heavy (non-hydrogen) atoms. The van der Waals surface area contributed by atoms with E-state index in [1.807, 2.05) is 30.3 Å². The van der Waals surface area contributed by atoms with E-state index in [0.29, 0.717) is 24.4 Å². The summed E-state index contributed by atoms with van der Waals surface area (Å²) in [6.07, 6.45) is 3.99. The van der Waals surface area contributed by atoms with Crippen LogP contribution in [0.5, 0.6) is 0 Å². The van der Waals surface area contributed by atoms with E-state index in [1.165, 1.54) is 12.8 Å². The van der Waals surface area contributed by atoms with Gasteiger partial charge in [-0.25, -0.2) is 9.97 Å². The molecule has 3 aromatic rings. The molecule has 134 valence electrons. The summed E-state index contributed by atoms with van der Waals surface area (Å²) in [5, 5.41) is 6.99. The highest BCUT2D eigenvalue weighted by Crippen LogP contribution is 2.19.